The molecule has 0 amide bonds. The lowest BCUT2D eigenvalue weighted by molar-refractivity contribution is 0.0958. The first kappa shape index (κ1) is 16.5. The second kappa shape index (κ2) is 6.74. The summed E-state index contributed by atoms with van der Waals surface area (Å²) in [5, 5.41) is 0. The lowest BCUT2D eigenvalue weighted by Gasteiger charge is -2.30. The van der Waals surface area contributed by atoms with Crippen molar-refractivity contribution >= 4 is 0 Å². The van der Waals surface area contributed by atoms with E-state index in [-0.39, 0.29) is 0 Å². The topological polar surface area (TPSA) is 28.6 Å². The number of ether oxygens (including phenoxy) is 1. The van der Waals surface area contributed by atoms with Crippen molar-refractivity contribution in [3.8, 4) is 0 Å². The van der Waals surface area contributed by atoms with Gasteiger partial charge in [0.15, 0.2) is 0 Å². The average molecular weight is 329 g/mol. The summed E-state index contributed by atoms with van der Waals surface area (Å²) in [4.78, 5) is 10.0. The van der Waals surface area contributed by atoms with Crippen molar-refractivity contribution in [2.45, 2.75) is 32.7 Å². The predicted octanol–water partition coefficient (Wildman–Crippen LogP) is 2.57. The van der Waals surface area contributed by atoms with Gasteiger partial charge in [-0.25, -0.2) is 0 Å². The standard InChI is InChI=1S/C20H31N3O/c1-16-4-3-5-19(21-16)12-22-9-8-20(14-22)15-23(10-17-6-7-17)11-18(20)13-24-2/h3-5,17-18H,6-15H2,1-2H3/t18-,20-/m0/s1. The molecule has 132 valence electrons. The Labute approximate surface area is 146 Å². The molecule has 1 aromatic rings. The molecule has 0 unspecified atom stereocenters. The highest BCUT2D eigenvalue weighted by atomic mass is 16.5. The van der Waals surface area contributed by atoms with Crippen LogP contribution in [0.2, 0.25) is 0 Å². The summed E-state index contributed by atoms with van der Waals surface area (Å²) in [6, 6.07) is 6.37. The van der Waals surface area contributed by atoms with Gasteiger partial charge in [-0.05, 0) is 50.8 Å². The van der Waals surface area contributed by atoms with E-state index < -0.39 is 0 Å². The van der Waals surface area contributed by atoms with Crippen LogP contribution in [0.4, 0.5) is 0 Å². The third-order valence-electron chi connectivity index (χ3n) is 6.26. The smallest absolute Gasteiger partial charge is 0.0547 e. The maximum absolute atomic E-state index is 5.59. The van der Waals surface area contributed by atoms with Gasteiger partial charge < -0.3 is 9.64 Å². The molecule has 3 heterocycles. The summed E-state index contributed by atoms with van der Waals surface area (Å²) in [5.41, 5.74) is 2.77. The minimum atomic E-state index is 0.439. The van der Waals surface area contributed by atoms with E-state index >= 15 is 0 Å². The van der Waals surface area contributed by atoms with Crippen molar-refractivity contribution in [1.82, 2.24) is 14.8 Å². The minimum Gasteiger partial charge on any atom is -0.384 e. The molecule has 0 N–H and O–H groups in total. The first-order valence-electron chi connectivity index (χ1n) is 9.53. The Balaban J connectivity index is 1.42. The van der Waals surface area contributed by atoms with Crippen LogP contribution >= 0.6 is 0 Å². The normalized spacial score (nSPS) is 31.3. The summed E-state index contributed by atoms with van der Waals surface area (Å²) in [7, 11) is 1.86. The number of pyridine rings is 1. The highest BCUT2D eigenvalue weighted by Gasteiger charge is 2.50. The Morgan fingerprint density at radius 3 is 2.83 bits per heavy atom. The Morgan fingerprint density at radius 2 is 2.08 bits per heavy atom. The number of methoxy groups -OCH3 is 1. The summed E-state index contributed by atoms with van der Waals surface area (Å²) in [5.74, 6) is 1.68. The first-order chi connectivity index (χ1) is 11.7. The number of hydrogen-bond donors (Lipinski definition) is 0. The van der Waals surface area contributed by atoms with Crippen LogP contribution in [0.3, 0.4) is 0 Å². The molecule has 1 spiro atoms. The molecule has 1 saturated carbocycles. The molecule has 0 radical (unpaired) electrons. The van der Waals surface area contributed by atoms with E-state index in [1.807, 2.05) is 7.11 Å². The zero-order chi connectivity index (χ0) is 16.6. The van der Waals surface area contributed by atoms with Crippen molar-refractivity contribution in [2.75, 3.05) is 46.4 Å². The van der Waals surface area contributed by atoms with Gasteiger partial charge in [0.05, 0.1) is 12.3 Å². The summed E-state index contributed by atoms with van der Waals surface area (Å²) >= 11 is 0. The van der Waals surface area contributed by atoms with Crippen LogP contribution in [0, 0.1) is 24.2 Å². The van der Waals surface area contributed by atoms with E-state index in [4.69, 9.17) is 9.72 Å². The van der Waals surface area contributed by atoms with Crippen LogP contribution in [-0.2, 0) is 11.3 Å². The van der Waals surface area contributed by atoms with Crippen LogP contribution in [-0.4, -0.2) is 61.2 Å². The van der Waals surface area contributed by atoms with Gasteiger partial charge in [-0.2, -0.15) is 0 Å². The maximum Gasteiger partial charge on any atom is 0.0547 e. The fraction of sp³-hybridized carbons (Fsp3) is 0.750. The molecular formula is C20H31N3O. The van der Waals surface area contributed by atoms with Gasteiger partial charge in [-0.3, -0.25) is 9.88 Å². The Morgan fingerprint density at radius 1 is 1.25 bits per heavy atom. The third kappa shape index (κ3) is 3.51. The van der Waals surface area contributed by atoms with Crippen molar-refractivity contribution in [1.29, 1.82) is 0 Å². The number of rotatable bonds is 6. The molecule has 3 aliphatic rings. The molecule has 2 atom stereocenters. The second-order valence-electron chi connectivity index (χ2n) is 8.38. The maximum atomic E-state index is 5.59. The van der Waals surface area contributed by atoms with E-state index in [9.17, 15) is 0 Å². The lowest BCUT2D eigenvalue weighted by Crippen LogP contribution is -2.36. The average Bonchev–Trinajstić information content (AvgIpc) is 3.18. The number of nitrogens with zero attached hydrogens (tertiary/aromatic N) is 3. The molecule has 3 fully saturated rings. The number of aryl methyl sites for hydroxylation is 1. The Hall–Kier alpha value is -0.970. The van der Waals surface area contributed by atoms with Crippen molar-refractivity contribution in [3.05, 3.63) is 29.6 Å². The van der Waals surface area contributed by atoms with Crippen molar-refractivity contribution in [2.24, 2.45) is 17.3 Å². The van der Waals surface area contributed by atoms with Crippen LogP contribution in [0.15, 0.2) is 18.2 Å². The fourth-order valence-electron chi connectivity index (χ4n) is 4.88. The highest BCUT2D eigenvalue weighted by Crippen LogP contribution is 2.45. The van der Waals surface area contributed by atoms with E-state index in [0.717, 1.165) is 24.8 Å². The molecule has 0 aromatic carbocycles. The van der Waals surface area contributed by atoms with Gasteiger partial charge in [0.25, 0.3) is 0 Å². The van der Waals surface area contributed by atoms with Gasteiger partial charge in [-0.1, -0.05) is 6.07 Å². The van der Waals surface area contributed by atoms with Gasteiger partial charge in [0, 0.05) is 56.9 Å². The lowest BCUT2D eigenvalue weighted by atomic mass is 9.77. The molecule has 4 nitrogen and oxygen atoms in total. The van der Waals surface area contributed by atoms with Gasteiger partial charge in [0.1, 0.15) is 0 Å². The van der Waals surface area contributed by atoms with Gasteiger partial charge in [0.2, 0.25) is 0 Å². The summed E-state index contributed by atoms with van der Waals surface area (Å²) in [6.07, 6.45) is 4.21. The zero-order valence-corrected chi connectivity index (χ0v) is 15.2. The Bertz CT molecular complexity index is 574. The molecule has 4 heteroatoms. The van der Waals surface area contributed by atoms with Gasteiger partial charge in [-0.15, -0.1) is 0 Å². The zero-order valence-electron chi connectivity index (χ0n) is 15.2. The molecule has 24 heavy (non-hydrogen) atoms. The highest BCUT2D eigenvalue weighted by molar-refractivity contribution is 5.11. The second-order valence-corrected chi connectivity index (χ2v) is 8.38. The predicted molar refractivity (Wildman–Crippen MR) is 95.8 cm³/mol. The van der Waals surface area contributed by atoms with E-state index in [2.05, 4.69) is 34.9 Å². The van der Waals surface area contributed by atoms with E-state index in [1.54, 1.807) is 0 Å². The van der Waals surface area contributed by atoms with Crippen LogP contribution < -0.4 is 0 Å². The SMILES string of the molecule is COC[C@@H]1CN(CC2CC2)C[C@@]12CCN(Cc1cccc(C)n1)C2. The number of likely N-dealkylation sites (tertiary alicyclic amines) is 2. The van der Waals surface area contributed by atoms with Gasteiger partial charge >= 0.3 is 0 Å². The number of aromatic nitrogens is 1. The van der Waals surface area contributed by atoms with E-state index in [1.165, 1.54) is 57.7 Å². The molecule has 2 saturated heterocycles. The van der Waals surface area contributed by atoms with Crippen LogP contribution in [0.25, 0.3) is 0 Å². The molecule has 1 aliphatic carbocycles. The summed E-state index contributed by atoms with van der Waals surface area (Å²) in [6.45, 7) is 10.2. The summed E-state index contributed by atoms with van der Waals surface area (Å²) < 4.78 is 5.59. The van der Waals surface area contributed by atoms with Crippen LogP contribution in [0.5, 0.6) is 0 Å². The molecule has 1 aromatic heterocycles. The van der Waals surface area contributed by atoms with Crippen molar-refractivity contribution in [3.63, 3.8) is 0 Å². The Kier molecular flexibility index (Phi) is 4.63. The van der Waals surface area contributed by atoms with E-state index in [0.29, 0.717) is 11.3 Å². The molecule has 4 rings (SSSR count). The van der Waals surface area contributed by atoms with Crippen molar-refractivity contribution < 1.29 is 4.74 Å². The molecule has 0 bridgehead atoms. The minimum absolute atomic E-state index is 0.439. The first-order valence-corrected chi connectivity index (χ1v) is 9.53. The van der Waals surface area contributed by atoms with Crippen LogP contribution in [0.1, 0.15) is 30.7 Å². The molecular weight excluding hydrogens is 298 g/mol. The third-order valence-corrected chi connectivity index (χ3v) is 6.26. The quantitative estimate of drug-likeness (QED) is 0.802. The fourth-order valence-corrected chi connectivity index (χ4v) is 4.88. The molecule has 2 aliphatic heterocycles. The largest absolute Gasteiger partial charge is 0.384 e. The monoisotopic (exact) mass is 329 g/mol. The number of hydrogen-bond acceptors (Lipinski definition) is 4.